The second-order valence-electron chi connectivity index (χ2n) is 17.8. The summed E-state index contributed by atoms with van der Waals surface area (Å²) in [6, 6.07) is 0. The number of rotatable bonds is 28. The number of amides is 4. The van der Waals surface area contributed by atoms with E-state index in [1.54, 1.807) is 11.8 Å². The SMILES string of the molecule is CCC(=O)NCCNCNC(=O)CC.CCC(=O)NCC[NH+](C)CNC(=O)CC.CCCNCC.CCC[NH+](C)CC.CCNC=CNCC.CC[N+]1(CC)CCCC1.CC[N+]1(CC)CCCCC1. The Morgan fingerprint density at radius 1 is 0.435 bits per heavy atom. The van der Waals surface area contributed by atoms with Crippen LogP contribution in [-0.4, -0.2) is 178 Å². The number of hydrogen-bond acceptors (Lipinski definition) is 8. The fourth-order valence-electron chi connectivity index (χ4n) is 7.00. The molecule has 2 aliphatic heterocycles. The van der Waals surface area contributed by atoms with Crippen molar-refractivity contribution in [2.24, 2.45) is 0 Å². The molecule has 69 heavy (non-hydrogen) atoms. The summed E-state index contributed by atoms with van der Waals surface area (Å²) in [4.78, 5) is 46.2. The molecule has 2 unspecified atom stereocenters. The minimum absolute atomic E-state index is 0.0232. The van der Waals surface area contributed by atoms with Crippen LogP contribution in [0, 0.1) is 0 Å². The Kier molecular flexibility index (Phi) is 62.5. The summed E-state index contributed by atoms with van der Waals surface area (Å²) in [5.74, 6) is 0.201. The van der Waals surface area contributed by atoms with Crippen LogP contribution < -0.4 is 52.3 Å². The summed E-state index contributed by atoms with van der Waals surface area (Å²) in [6.07, 6.45) is 15.7. The lowest BCUT2D eigenvalue weighted by Gasteiger charge is -2.39. The second kappa shape index (κ2) is 57.6. The topological polar surface area (TPSA) is 173 Å². The number of likely N-dealkylation sites (N-methyl/N-ethyl adjacent to an activating group) is 1. The molecule has 0 spiro atoms. The normalized spacial score (nSPS) is 14.7. The summed E-state index contributed by atoms with van der Waals surface area (Å²) < 4.78 is 2.78. The Balaban J connectivity index is -0.000000236. The van der Waals surface area contributed by atoms with Crippen LogP contribution in [0.1, 0.15) is 168 Å². The lowest BCUT2D eigenvalue weighted by Crippen LogP contribution is -3.11. The highest BCUT2D eigenvalue weighted by Gasteiger charge is 2.27. The number of likely N-dealkylation sites (tertiary alicyclic amines) is 2. The summed E-state index contributed by atoms with van der Waals surface area (Å²) in [5.41, 5.74) is 0. The number of nitrogens with one attached hydrogen (secondary N) is 10. The van der Waals surface area contributed by atoms with Crippen molar-refractivity contribution in [1.82, 2.24) is 42.5 Å². The quantitative estimate of drug-likeness (QED) is 0.0323. The van der Waals surface area contributed by atoms with Crippen LogP contribution in [0.3, 0.4) is 0 Å². The number of carbonyl (C=O) groups is 4. The van der Waals surface area contributed by atoms with Gasteiger partial charge in [-0.15, -0.1) is 0 Å². The van der Waals surface area contributed by atoms with E-state index in [4.69, 9.17) is 0 Å². The Bertz CT molecular complexity index is 1090. The molecule has 4 amide bonds. The Morgan fingerprint density at radius 3 is 1.19 bits per heavy atom. The van der Waals surface area contributed by atoms with Gasteiger partial charge in [-0.25, -0.2) is 0 Å². The number of quaternary nitrogens is 4. The van der Waals surface area contributed by atoms with E-state index in [2.05, 4.69) is 119 Å². The standard InChI is InChI=1S/C10H21N3O2.C9H19N3O2.C9H20N.C8H18N.C6H14N2.C6H15N.C5H13N/c1-4-9(14)11-6-7-13(3)8-12-10(15)5-2;1-3-8(13)11-6-5-10-7-12-9(14)4-2;1-3-10(4-2)8-6-5-7-9-10;1-3-9(4-2)7-5-6-8-9;1-3-7-5-6-8-4-2;1-4-6-7(3)5-2;1-3-5-6-4-2/h4-8H2,1-3H3,(H,11,14)(H,12,15);10H,3-7H2,1-2H3,(H,11,13)(H,12,14);3-9H2,1-2H3;3-8H2,1-2H3;5-8H,3-4H2,1-2H3;4-6H2,1-3H3;6H,3-5H2,1-2H3/q;;2*+1;;;/p+2. The third kappa shape index (κ3) is 54.2. The third-order valence-electron chi connectivity index (χ3n) is 12.4. The molecule has 0 aromatic carbocycles. The summed E-state index contributed by atoms with van der Waals surface area (Å²) in [5, 5.41) is 23.2. The van der Waals surface area contributed by atoms with Gasteiger partial charge in [0.25, 0.3) is 0 Å². The smallest absolute Gasteiger partial charge is 0.223 e. The van der Waals surface area contributed by atoms with Crippen LogP contribution in [0.5, 0.6) is 0 Å². The van der Waals surface area contributed by atoms with E-state index in [1.165, 1.54) is 124 Å². The van der Waals surface area contributed by atoms with E-state index < -0.39 is 0 Å². The predicted octanol–water partition coefficient (Wildman–Crippen LogP) is 3.37. The first-order valence-electron chi connectivity index (χ1n) is 28.0. The van der Waals surface area contributed by atoms with Crippen molar-refractivity contribution in [3.05, 3.63) is 12.4 Å². The average Bonchev–Trinajstić information content (AvgIpc) is 3.88. The van der Waals surface area contributed by atoms with Gasteiger partial charge < -0.3 is 56.0 Å². The lowest BCUT2D eigenvalue weighted by molar-refractivity contribution is -0.929. The van der Waals surface area contributed by atoms with Crippen LogP contribution in [0.25, 0.3) is 0 Å². The Morgan fingerprint density at radius 2 is 0.855 bits per heavy atom. The zero-order valence-electron chi connectivity index (χ0n) is 48.6. The first kappa shape index (κ1) is 74.9. The minimum Gasteiger partial charge on any atom is -0.390 e. The van der Waals surface area contributed by atoms with E-state index in [1.807, 2.05) is 40.2 Å². The molecule has 2 rings (SSSR count). The molecular formula is C53H122N12O4+4. The molecule has 2 fully saturated rings. The maximum atomic E-state index is 11.0. The summed E-state index contributed by atoms with van der Waals surface area (Å²) in [6.45, 7) is 51.1. The molecule has 0 radical (unpaired) electrons. The van der Waals surface area contributed by atoms with Gasteiger partial charge in [0.2, 0.25) is 23.6 Å². The molecule has 0 aliphatic carbocycles. The fourth-order valence-corrected chi connectivity index (χ4v) is 7.00. The first-order chi connectivity index (χ1) is 33.1. The average molecular weight is 992 g/mol. The Labute approximate surface area is 428 Å². The van der Waals surface area contributed by atoms with Gasteiger partial charge in [0.15, 0.2) is 6.67 Å². The molecule has 0 aromatic rings. The third-order valence-corrected chi connectivity index (χ3v) is 12.4. The largest absolute Gasteiger partial charge is 0.390 e. The fraction of sp³-hybridized carbons (Fsp3) is 0.887. The molecule has 10 N–H and O–H groups in total. The van der Waals surface area contributed by atoms with Gasteiger partial charge in [-0.1, -0.05) is 48.5 Å². The molecule has 2 aliphatic rings. The molecule has 2 saturated heterocycles. The lowest BCUT2D eigenvalue weighted by atomic mass is 10.1. The van der Waals surface area contributed by atoms with Crippen molar-refractivity contribution in [2.45, 2.75) is 168 Å². The molecule has 0 aromatic heterocycles. The highest BCUT2D eigenvalue weighted by atomic mass is 16.2. The number of carbonyl (C=O) groups excluding carboxylic acids is 4. The van der Waals surface area contributed by atoms with Crippen molar-refractivity contribution in [2.75, 3.05) is 145 Å². The van der Waals surface area contributed by atoms with E-state index >= 15 is 0 Å². The molecule has 16 heteroatoms. The van der Waals surface area contributed by atoms with Gasteiger partial charge in [0, 0.05) is 77.1 Å². The number of hydrogen-bond donors (Lipinski definition) is 10. The Hall–Kier alpha value is -3.02. The number of piperidine rings is 1. The monoisotopic (exact) mass is 991 g/mol. The molecule has 2 atom stereocenters. The summed E-state index contributed by atoms with van der Waals surface area (Å²) in [7, 11) is 4.21. The van der Waals surface area contributed by atoms with Gasteiger partial charge in [-0.3, -0.25) is 24.5 Å². The molecule has 0 bridgehead atoms. The van der Waals surface area contributed by atoms with E-state index in [0.717, 1.165) is 32.7 Å². The van der Waals surface area contributed by atoms with Crippen LogP contribution in [0.4, 0.5) is 0 Å². The maximum absolute atomic E-state index is 11.0. The van der Waals surface area contributed by atoms with E-state index in [9.17, 15) is 19.2 Å². The molecule has 2 heterocycles. The van der Waals surface area contributed by atoms with Crippen molar-refractivity contribution in [3.63, 3.8) is 0 Å². The maximum Gasteiger partial charge on any atom is 0.223 e. The van der Waals surface area contributed by atoms with Gasteiger partial charge in [-0.2, -0.15) is 0 Å². The zero-order valence-corrected chi connectivity index (χ0v) is 48.6. The molecule has 414 valence electrons. The van der Waals surface area contributed by atoms with Crippen LogP contribution in [0.2, 0.25) is 0 Å². The van der Waals surface area contributed by atoms with Gasteiger partial charge >= 0.3 is 0 Å². The highest BCUT2D eigenvalue weighted by Crippen LogP contribution is 2.18. The molecular weight excluding hydrogens is 869 g/mol. The van der Waals surface area contributed by atoms with Crippen molar-refractivity contribution < 1.29 is 37.9 Å². The zero-order chi connectivity index (χ0) is 53.5. The predicted molar refractivity (Wildman–Crippen MR) is 296 cm³/mol. The van der Waals surface area contributed by atoms with Crippen LogP contribution in [-0.2, 0) is 19.2 Å². The van der Waals surface area contributed by atoms with Gasteiger partial charge in [-0.05, 0) is 93.7 Å². The molecule has 0 saturated carbocycles. The number of nitrogens with zero attached hydrogens (tertiary/aromatic N) is 2. The van der Waals surface area contributed by atoms with Crippen molar-refractivity contribution in [3.8, 4) is 0 Å². The van der Waals surface area contributed by atoms with Crippen molar-refractivity contribution >= 4 is 23.6 Å². The van der Waals surface area contributed by atoms with E-state index in [0.29, 0.717) is 58.7 Å². The van der Waals surface area contributed by atoms with Crippen LogP contribution >= 0.6 is 0 Å². The second-order valence-corrected chi connectivity index (χ2v) is 17.8. The summed E-state index contributed by atoms with van der Waals surface area (Å²) >= 11 is 0. The van der Waals surface area contributed by atoms with Gasteiger partial charge in [0.1, 0.15) is 0 Å². The minimum atomic E-state index is 0.0232. The molecule has 16 nitrogen and oxygen atoms in total. The van der Waals surface area contributed by atoms with Crippen LogP contribution in [0.15, 0.2) is 12.4 Å². The van der Waals surface area contributed by atoms with Gasteiger partial charge in [0.05, 0.1) is 99.3 Å². The highest BCUT2D eigenvalue weighted by molar-refractivity contribution is 5.76. The first-order valence-corrected chi connectivity index (χ1v) is 28.0. The van der Waals surface area contributed by atoms with E-state index in [-0.39, 0.29) is 23.6 Å². The van der Waals surface area contributed by atoms with Crippen molar-refractivity contribution in [1.29, 1.82) is 0 Å².